The number of rotatable bonds is 5. The number of amides is 1. The van der Waals surface area contributed by atoms with Gasteiger partial charge in [-0.1, -0.05) is 12.2 Å². The molecule has 0 aromatic heterocycles. The zero-order valence-electron chi connectivity index (χ0n) is 11.1. The Hall–Kier alpha value is -0.970. The van der Waals surface area contributed by atoms with Crippen LogP contribution < -0.4 is 5.32 Å². The van der Waals surface area contributed by atoms with Gasteiger partial charge in [0.2, 0.25) is 5.91 Å². The summed E-state index contributed by atoms with van der Waals surface area (Å²) in [5.74, 6) is -2.06. The summed E-state index contributed by atoms with van der Waals surface area (Å²) in [6.07, 6.45) is 6.69. The van der Waals surface area contributed by atoms with Gasteiger partial charge in [-0.3, -0.25) is 9.59 Å². The van der Waals surface area contributed by atoms with E-state index in [0.29, 0.717) is 19.4 Å². The fourth-order valence-electron chi connectivity index (χ4n) is 1.88. The van der Waals surface area contributed by atoms with Gasteiger partial charge in [0.15, 0.2) is 0 Å². The highest BCUT2D eigenvalue weighted by Gasteiger charge is 2.34. The van der Waals surface area contributed by atoms with Gasteiger partial charge >= 0.3 is 5.97 Å². The van der Waals surface area contributed by atoms with Crippen LogP contribution in [0.3, 0.4) is 0 Å². The van der Waals surface area contributed by atoms with E-state index in [4.69, 9.17) is 5.11 Å². The first-order valence-corrected chi connectivity index (χ1v) is 7.30. The van der Waals surface area contributed by atoms with E-state index in [2.05, 4.69) is 5.32 Å². The summed E-state index contributed by atoms with van der Waals surface area (Å²) in [6, 6.07) is 0. The Kier molecular flexibility index (Phi) is 5.26. The number of carbonyl (C=O) groups excluding carboxylic acids is 1. The largest absolute Gasteiger partial charge is 0.481 e. The van der Waals surface area contributed by atoms with Crippen LogP contribution in [0.15, 0.2) is 12.2 Å². The Labute approximate surface area is 112 Å². The van der Waals surface area contributed by atoms with Crippen molar-refractivity contribution in [1.29, 1.82) is 0 Å². The molecule has 0 fully saturated rings. The van der Waals surface area contributed by atoms with E-state index in [1.54, 1.807) is 11.8 Å². The zero-order chi connectivity index (χ0) is 13.8. The van der Waals surface area contributed by atoms with Crippen molar-refractivity contribution in [2.24, 2.45) is 11.8 Å². The van der Waals surface area contributed by atoms with Crippen LogP contribution in [-0.2, 0) is 9.59 Å². The standard InChI is InChI=1S/C13H21NO3S/c1-13(2,18-3)8-14-11(15)9-6-4-5-7-10(9)12(16)17/h4-5,9-10H,6-8H2,1-3H3,(H,14,15)(H,16,17)/t9-,10+/m1/s1. The summed E-state index contributed by atoms with van der Waals surface area (Å²) in [5.41, 5.74) is 0. The second kappa shape index (κ2) is 6.27. The second-order valence-corrected chi connectivity index (χ2v) is 6.69. The number of carbonyl (C=O) groups is 2. The Morgan fingerprint density at radius 3 is 2.39 bits per heavy atom. The number of hydrogen-bond donors (Lipinski definition) is 2. The minimum atomic E-state index is -0.886. The van der Waals surface area contributed by atoms with Crippen LogP contribution in [0.25, 0.3) is 0 Å². The molecule has 0 aromatic rings. The van der Waals surface area contributed by atoms with Crippen molar-refractivity contribution < 1.29 is 14.7 Å². The normalized spacial score (nSPS) is 23.7. The highest BCUT2D eigenvalue weighted by atomic mass is 32.2. The first kappa shape index (κ1) is 15.1. The van der Waals surface area contributed by atoms with Gasteiger partial charge in [-0.25, -0.2) is 0 Å². The summed E-state index contributed by atoms with van der Waals surface area (Å²) < 4.78 is -0.0289. The number of carboxylic acid groups (broad SMARTS) is 1. The number of hydrogen-bond acceptors (Lipinski definition) is 3. The third-order valence-electron chi connectivity index (χ3n) is 3.33. The van der Waals surface area contributed by atoms with Crippen molar-refractivity contribution in [2.45, 2.75) is 31.4 Å². The molecule has 0 unspecified atom stereocenters. The summed E-state index contributed by atoms with van der Waals surface area (Å²) in [6.45, 7) is 4.65. The van der Waals surface area contributed by atoms with Crippen molar-refractivity contribution in [3.8, 4) is 0 Å². The maximum atomic E-state index is 12.1. The van der Waals surface area contributed by atoms with E-state index in [9.17, 15) is 9.59 Å². The van der Waals surface area contributed by atoms with Gasteiger partial charge in [0.25, 0.3) is 0 Å². The molecule has 0 saturated carbocycles. The molecule has 1 aliphatic rings. The molecule has 0 spiro atoms. The van der Waals surface area contributed by atoms with Crippen molar-refractivity contribution in [2.75, 3.05) is 12.8 Å². The molecule has 0 saturated heterocycles. The lowest BCUT2D eigenvalue weighted by molar-refractivity contribution is -0.147. The highest BCUT2D eigenvalue weighted by molar-refractivity contribution is 7.99. The number of allylic oxidation sites excluding steroid dienone is 2. The van der Waals surface area contributed by atoms with Gasteiger partial charge in [0.1, 0.15) is 0 Å². The summed E-state index contributed by atoms with van der Waals surface area (Å²) >= 11 is 1.68. The number of carboxylic acids is 1. The first-order valence-electron chi connectivity index (χ1n) is 6.08. The maximum Gasteiger partial charge on any atom is 0.307 e. The van der Waals surface area contributed by atoms with Crippen LogP contribution in [0.5, 0.6) is 0 Å². The van der Waals surface area contributed by atoms with Gasteiger partial charge in [0.05, 0.1) is 11.8 Å². The van der Waals surface area contributed by atoms with Gasteiger partial charge in [0, 0.05) is 11.3 Å². The van der Waals surface area contributed by atoms with Crippen LogP contribution in [0.1, 0.15) is 26.7 Å². The maximum absolute atomic E-state index is 12.1. The van der Waals surface area contributed by atoms with Crippen LogP contribution in [0.4, 0.5) is 0 Å². The van der Waals surface area contributed by atoms with E-state index in [1.807, 2.05) is 32.3 Å². The quantitative estimate of drug-likeness (QED) is 0.750. The molecule has 102 valence electrons. The van der Waals surface area contributed by atoms with Gasteiger partial charge in [-0.15, -0.1) is 0 Å². The molecule has 0 aromatic carbocycles. The average molecular weight is 271 g/mol. The molecule has 4 nitrogen and oxygen atoms in total. The van der Waals surface area contributed by atoms with Crippen molar-refractivity contribution >= 4 is 23.6 Å². The third-order valence-corrected chi connectivity index (χ3v) is 4.58. The van der Waals surface area contributed by atoms with Crippen LogP contribution in [-0.4, -0.2) is 34.5 Å². The topological polar surface area (TPSA) is 66.4 Å². The third kappa shape index (κ3) is 4.05. The SMILES string of the molecule is CSC(C)(C)CNC(=O)[C@@H]1CC=CC[C@@H]1C(=O)O. The summed E-state index contributed by atoms with van der Waals surface area (Å²) in [4.78, 5) is 23.2. The summed E-state index contributed by atoms with van der Waals surface area (Å²) in [7, 11) is 0. The van der Waals surface area contributed by atoms with Crippen LogP contribution in [0.2, 0.25) is 0 Å². The molecular formula is C13H21NO3S. The number of thioether (sulfide) groups is 1. The van der Waals surface area contributed by atoms with E-state index in [-0.39, 0.29) is 10.7 Å². The van der Waals surface area contributed by atoms with Crippen molar-refractivity contribution in [3.63, 3.8) is 0 Å². The Balaban J connectivity index is 2.60. The molecule has 0 bridgehead atoms. The lowest BCUT2D eigenvalue weighted by Crippen LogP contribution is -2.43. The predicted octanol–water partition coefficient (Wildman–Crippen LogP) is 1.91. The zero-order valence-corrected chi connectivity index (χ0v) is 11.9. The minimum Gasteiger partial charge on any atom is -0.481 e. The summed E-state index contributed by atoms with van der Waals surface area (Å²) in [5, 5.41) is 12.0. The Bertz CT molecular complexity index is 352. The molecule has 0 radical (unpaired) electrons. The van der Waals surface area contributed by atoms with Gasteiger partial charge in [-0.05, 0) is 32.9 Å². The van der Waals surface area contributed by atoms with Crippen molar-refractivity contribution in [1.82, 2.24) is 5.32 Å². The van der Waals surface area contributed by atoms with Crippen LogP contribution >= 0.6 is 11.8 Å². The molecule has 1 amide bonds. The number of nitrogens with one attached hydrogen (secondary N) is 1. The van der Waals surface area contributed by atoms with Crippen molar-refractivity contribution in [3.05, 3.63) is 12.2 Å². The lowest BCUT2D eigenvalue weighted by Gasteiger charge is -2.27. The van der Waals surface area contributed by atoms with E-state index >= 15 is 0 Å². The predicted molar refractivity (Wildman–Crippen MR) is 73.6 cm³/mol. The van der Waals surface area contributed by atoms with Gasteiger partial charge < -0.3 is 10.4 Å². The van der Waals surface area contributed by atoms with Gasteiger partial charge in [-0.2, -0.15) is 11.8 Å². The molecule has 0 aliphatic heterocycles. The fourth-order valence-corrected chi connectivity index (χ4v) is 2.10. The molecule has 5 heteroatoms. The average Bonchev–Trinajstić information content (AvgIpc) is 2.36. The first-order chi connectivity index (χ1) is 8.37. The lowest BCUT2D eigenvalue weighted by atomic mass is 9.82. The van der Waals surface area contributed by atoms with E-state index < -0.39 is 17.8 Å². The molecular weight excluding hydrogens is 250 g/mol. The Morgan fingerprint density at radius 2 is 1.89 bits per heavy atom. The molecule has 1 aliphatic carbocycles. The molecule has 2 atom stereocenters. The molecule has 1 rings (SSSR count). The van der Waals surface area contributed by atoms with E-state index in [0.717, 1.165) is 0 Å². The molecule has 0 heterocycles. The highest BCUT2D eigenvalue weighted by Crippen LogP contribution is 2.26. The second-order valence-electron chi connectivity index (χ2n) is 5.18. The molecule has 2 N–H and O–H groups in total. The fraction of sp³-hybridized carbons (Fsp3) is 0.692. The molecule has 18 heavy (non-hydrogen) atoms. The monoisotopic (exact) mass is 271 g/mol. The van der Waals surface area contributed by atoms with E-state index in [1.165, 1.54) is 0 Å². The number of aliphatic carboxylic acids is 1. The smallest absolute Gasteiger partial charge is 0.307 e. The van der Waals surface area contributed by atoms with Crippen LogP contribution in [0, 0.1) is 11.8 Å². The Morgan fingerprint density at radius 1 is 1.33 bits per heavy atom. The minimum absolute atomic E-state index is 0.0289.